The SMILES string of the molecule is Cc1cc(C(=O)[C@@H](C)Sc2nnc(Cc3cccs3)n2C2CC2)c(C)n1Cc1ccco1. The van der Waals surface area contributed by atoms with Gasteiger partial charge in [-0.3, -0.25) is 4.79 Å². The third kappa shape index (κ3) is 4.21. The second kappa shape index (κ2) is 8.75. The molecule has 5 rings (SSSR count). The zero-order valence-corrected chi connectivity index (χ0v) is 20.1. The minimum Gasteiger partial charge on any atom is -0.467 e. The Balaban J connectivity index is 1.35. The normalized spacial score (nSPS) is 14.7. The maximum Gasteiger partial charge on any atom is 0.192 e. The van der Waals surface area contributed by atoms with Crippen molar-refractivity contribution in [3.8, 4) is 0 Å². The van der Waals surface area contributed by atoms with Crippen LogP contribution in [0.1, 0.15) is 64.0 Å². The Kier molecular flexibility index (Phi) is 5.82. The molecule has 1 aliphatic rings. The summed E-state index contributed by atoms with van der Waals surface area (Å²) in [6.45, 7) is 6.63. The third-order valence-electron chi connectivity index (χ3n) is 5.94. The summed E-state index contributed by atoms with van der Waals surface area (Å²) in [5.41, 5.74) is 2.79. The lowest BCUT2D eigenvalue weighted by molar-refractivity contribution is 0.0993. The van der Waals surface area contributed by atoms with E-state index in [4.69, 9.17) is 4.42 Å². The van der Waals surface area contributed by atoms with Gasteiger partial charge in [0.1, 0.15) is 11.6 Å². The maximum absolute atomic E-state index is 13.4. The molecule has 166 valence electrons. The number of rotatable bonds is 9. The van der Waals surface area contributed by atoms with Crippen molar-refractivity contribution in [2.45, 2.75) is 63.0 Å². The highest BCUT2D eigenvalue weighted by atomic mass is 32.2. The summed E-state index contributed by atoms with van der Waals surface area (Å²) in [4.78, 5) is 14.7. The molecule has 0 aliphatic heterocycles. The number of thioether (sulfide) groups is 1. The highest BCUT2D eigenvalue weighted by molar-refractivity contribution is 8.00. The maximum atomic E-state index is 13.4. The Bertz CT molecular complexity index is 1220. The van der Waals surface area contributed by atoms with E-state index in [0.29, 0.717) is 12.6 Å². The number of ketones is 1. The van der Waals surface area contributed by atoms with Crippen molar-refractivity contribution >= 4 is 28.9 Å². The number of hydrogen-bond acceptors (Lipinski definition) is 6. The number of thiophene rings is 1. The summed E-state index contributed by atoms with van der Waals surface area (Å²) in [6, 6.07) is 10.5. The highest BCUT2D eigenvalue weighted by Crippen LogP contribution is 2.40. The Hall–Kier alpha value is -2.58. The molecule has 0 aromatic carbocycles. The Morgan fingerprint density at radius 3 is 2.81 bits per heavy atom. The molecule has 4 aromatic heterocycles. The molecule has 1 aliphatic carbocycles. The lowest BCUT2D eigenvalue weighted by Crippen LogP contribution is -2.16. The van der Waals surface area contributed by atoms with Gasteiger partial charge in [-0.2, -0.15) is 0 Å². The summed E-state index contributed by atoms with van der Waals surface area (Å²) in [5, 5.41) is 11.7. The summed E-state index contributed by atoms with van der Waals surface area (Å²) in [5.74, 6) is 2.00. The predicted octanol–water partition coefficient (Wildman–Crippen LogP) is 5.69. The van der Waals surface area contributed by atoms with E-state index in [2.05, 4.69) is 36.8 Å². The van der Waals surface area contributed by atoms with Crippen molar-refractivity contribution in [3.05, 3.63) is 75.4 Å². The number of Topliss-reactive ketones (excluding diaryl/α,β-unsaturated/α-hetero) is 1. The van der Waals surface area contributed by atoms with Gasteiger partial charge in [0.2, 0.25) is 0 Å². The predicted molar refractivity (Wildman–Crippen MR) is 127 cm³/mol. The zero-order valence-electron chi connectivity index (χ0n) is 18.4. The first-order valence-corrected chi connectivity index (χ1v) is 12.6. The van der Waals surface area contributed by atoms with E-state index >= 15 is 0 Å². The molecule has 1 fully saturated rings. The number of furan rings is 1. The topological polar surface area (TPSA) is 65.8 Å². The molecule has 0 bridgehead atoms. The van der Waals surface area contributed by atoms with Gasteiger partial charge in [0, 0.05) is 34.3 Å². The van der Waals surface area contributed by atoms with E-state index in [9.17, 15) is 4.79 Å². The van der Waals surface area contributed by atoms with Gasteiger partial charge in [-0.25, -0.2) is 0 Å². The molecule has 0 amide bonds. The van der Waals surface area contributed by atoms with Gasteiger partial charge >= 0.3 is 0 Å². The van der Waals surface area contributed by atoms with Gasteiger partial charge in [0.05, 0.1) is 18.1 Å². The van der Waals surface area contributed by atoms with Gasteiger partial charge in [-0.05, 0) is 63.3 Å². The molecule has 0 spiro atoms. The fourth-order valence-electron chi connectivity index (χ4n) is 4.06. The lowest BCUT2D eigenvalue weighted by Gasteiger charge is -2.13. The summed E-state index contributed by atoms with van der Waals surface area (Å²) >= 11 is 3.26. The Labute approximate surface area is 195 Å². The molecule has 4 aromatic rings. The van der Waals surface area contributed by atoms with E-state index in [0.717, 1.165) is 53.0 Å². The lowest BCUT2D eigenvalue weighted by atomic mass is 10.1. The van der Waals surface area contributed by atoms with Gasteiger partial charge in [0.15, 0.2) is 10.9 Å². The van der Waals surface area contributed by atoms with E-state index < -0.39 is 0 Å². The van der Waals surface area contributed by atoms with Crippen molar-refractivity contribution < 1.29 is 9.21 Å². The Morgan fingerprint density at radius 2 is 2.12 bits per heavy atom. The van der Waals surface area contributed by atoms with Gasteiger partial charge in [-0.15, -0.1) is 21.5 Å². The van der Waals surface area contributed by atoms with Gasteiger partial charge in [-0.1, -0.05) is 17.8 Å². The Morgan fingerprint density at radius 1 is 1.28 bits per heavy atom. The molecule has 0 unspecified atom stereocenters. The number of nitrogens with zero attached hydrogens (tertiary/aromatic N) is 4. The molecule has 1 atom stereocenters. The first kappa shape index (κ1) is 21.3. The van der Waals surface area contributed by atoms with Crippen LogP contribution in [0.3, 0.4) is 0 Å². The van der Waals surface area contributed by atoms with E-state index in [1.807, 2.05) is 39.0 Å². The van der Waals surface area contributed by atoms with Crippen LogP contribution in [-0.2, 0) is 13.0 Å². The first-order chi connectivity index (χ1) is 15.5. The van der Waals surface area contributed by atoms with Crippen LogP contribution < -0.4 is 0 Å². The quantitative estimate of drug-likeness (QED) is 0.234. The summed E-state index contributed by atoms with van der Waals surface area (Å²) < 4.78 is 9.89. The largest absolute Gasteiger partial charge is 0.467 e. The standard InChI is InChI=1S/C24H26N4O2S2/c1-15-12-21(16(2)27(15)14-19-6-4-10-30-19)23(29)17(3)32-24-26-25-22(28(24)18-8-9-18)13-20-7-5-11-31-20/h4-7,10-12,17-18H,8-9,13-14H2,1-3H3/t17-/m1/s1. The van der Waals surface area contributed by atoms with Gasteiger partial charge < -0.3 is 13.6 Å². The van der Waals surface area contributed by atoms with E-state index in [-0.39, 0.29) is 11.0 Å². The fraction of sp³-hybridized carbons (Fsp3) is 0.375. The van der Waals surface area contributed by atoms with Crippen LogP contribution in [0.25, 0.3) is 0 Å². The smallest absolute Gasteiger partial charge is 0.192 e. The second-order valence-corrected chi connectivity index (χ2v) is 10.7. The van der Waals surface area contributed by atoms with Crippen molar-refractivity contribution in [3.63, 3.8) is 0 Å². The van der Waals surface area contributed by atoms with Crippen molar-refractivity contribution in [2.24, 2.45) is 0 Å². The molecular formula is C24H26N4O2S2. The number of carbonyl (C=O) groups is 1. The molecule has 0 saturated heterocycles. The second-order valence-electron chi connectivity index (χ2n) is 8.33. The van der Waals surface area contributed by atoms with Gasteiger partial charge in [0.25, 0.3) is 0 Å². The molecular weight excluding hydrogens is 440 g/mol. The van der Waals surface area contributed by atoms with E-state index in [1.54, 1.807) is 17.6 Å². The first-order valence-electron chi connectivity index (χ1n) is 10.9. The molecule has 0 radical (unpaired) electrons. The summed E-state index contributed by atoms with van der Waals surface area (Å²) in [6.07, 6.45) is 4.77. The van der Waals surface area contributed by atoms with Crippen LogP contribution in [0.5, 0.6) is 0 Å². The average molecular weight is 467 g/mol. The highest BCUT2D eigenvalue weighted by Gasteiger charge is 2.32. The van der Waals surface area contributed by atoms with Crippen LogP contribution >= 0.6 is 23.1 Å². The van der Waals surface area contributed by atoms with Crippen LogP contribution in [0, 0.1) is 13.8 Å². The molecule has 8 heteroatoms. The monoisotopic (exact) mass is 466 g/mol. The van der Waals surface area contributed by atoms with Crippen molar-refractivity contribution in [1.82, 2.24) is 19.3 Å². The minimum atomic E-state index is -0.246. The number of aryl methyl sites for hydroxylation is 1. The van der Waals surface area contributed by atoms with Crippen molar-refractivity contribution in [2.75, 3.05) is 0 Å². The van der Waals surface area contributed by atoms with Crippen LogP contribution in [0.15, 0.2) is 51.5 Å². The van der Waals surface area contributed by atoms with Crippen LogP contribution in [-0.4, -0.2) is 30.4 Å². The number of carbonyl (C=O) groups excluding carboxylic acids is 1. The molecule has 0 N–H and O–H groups in total. The average Bonchev–Trinajstić information content (AvgIpc) is 3.17. The summed E-state index contributed by atoms with van der Waals surface area (Å²) in [7, 11) is 0. The van der Waals surface area contributed by atoms with Crippen LogP contribution in [0.2, 0.25) is 0 Å². The number of aromatic nitrogens is 4. The van der Waals surface area contributed by atoms with Crippen LogP contribution in [0.4, 0.5) is 0 Å². The molecule has 6 nitrogen and oxygen atoms in total. The molecule has 4 heterocycles. The number of hydrogen-bond donors (Lipinski definition) is 0. The molecule has 1 saturated carbocycles. The minimum absolute atomic E-state index is 0.124. The third-order valence-corrected chi connectivity index (χ3v) is 7.88. The van der Waals surface area contributed by atoms with E-state index in [1.165, 1.54) is 16.6 Å². The zero-order chi connectivity index (χ0) is 22.2. The van der Waals surface area contributed by atoms with Crippen molar-refractivity contribution in [1.29, 1.82) is 0 Å². The molecule has 32 heavy (non-hydrogen) atoms. The fourth-order valence-corrected chi connectivity index (χ4v) is 5.77.